The maximum atomic E-state index is 14.9. The molecule has 2 amide bonds. The normalized spacial score (nSPS) is 19.0. The van der Waals surface area contributed by atoms with Gasteiger partial charge in [-0.15, -0.1) is 0 Å². The molecule has 5 N–H and O–H groups in total. The zero-order valence-corrected chi connectivity index (χ0v) is 25.3. The minimum atomic E-state index is -3.23. The number of carbonyl (C=O) groups is 6. The van der Waals surface area contributed by atoms with Crippen molar-refractivity contribution in [2.75, 3.05) is 21.1 Å². The summed E-state index contributed by atoms with van der Waals surface area (Å²) in [5.41, 5.74) is -8.64. The van der Waals surface area contributed by atoms with Crippen LogP contribution in [0.1, 0.15) is 74.1 Å². The van der Waals surface area contributed by atoms with Crippen LogP contribution in [0.4, 0.5) is 0 Å². The van der Waals surface area contributed by atoms with Crippen molar-refractivity contribution < 1.29 is 49.2 Å². The summed E-state index contributed by atoms with van der Waals surface area (Å²) in [7, 11) is 3.53. The molecular formula is C27H47N3O10. The highest BCUT2D eigenvalue weighted by Gasteiger charge is 2.67. The van der Waals surface area contributed by atoms with Crippen molar-refractivity contribution in [2.24, 2.45) is 5.92 Å². The molecule has 0 aromatic heterocycles. The molecule has 0 saturated heterocycles. The van der Waals surface area contributed by atoms with Crippen LogP contribution in [0, 0.1) is 5.92 Å². The number of rotatable bonds is 17. The maximum Gasteiger partial charge on any atom is 0.343 e. The molecule has 0 aliphatic carbocycles. The lowest BCUT2D eigenvalue weighted by molar-refractivity contribution is -0.180. The number of nitrogens with zero attached hydrogens (tertiary/aromatic N) is 2. The van der Waals surface area contributed by atoms with Gasteiger partial charge in [0.15, 0.2) is 22.6 Å². The molecule has 0 aliphatic heterocycles. The van der Waals surface area contributed by atoms with Gasteiger partial charge in [0.1, 0.15) is 12.2 Å². The van der Waals surface area contributed by atoms with Crippen molar-refractivity contribution in [1.29, 1.82) is 0 Å². The first-order chi connectivity index (χ1) is 18.2. The fourth-order valence-corrected chi connectivity index (χ4v) is 4.86. The van der Waals surface area contributed by atoms with Gasteiger partial charge in [0.25, 0.3) is 11.8 Å². The Labute approximate surface area is 235 Å². The summed E-state index contributed by atoms with van der Waals surface area (Å²) in [6, 6.07) is -1.03. The molecule has 0 fully saturated rings. The molecule has 0 saturated carbocycles. The number of ketones is 3. The maximum absolute atomic E-state index is 14.9. The highest BCUT2D eigenvalue weighted by atomic mass is 16.4. The summed E-state index contributed by atoms with van der Waals surface area (Å²) >= 11 is 0. The number of unbranched alkanes of at least 4 members (excludes halogenated alkanes) is 1. The smallest absolute Gasteiger partial charge is 0.343 e. The second-order valence-corrected chi connectivity index (χ2v) is 10.7. The average molecular weight is 574 g/mol. The van der Waals surface area contributed by atoms with Crippen LogP contribution in [0.25, 0.3) is 0 Å². The Balaban J connectivity index is 8.06. The Morgan fingerprint density at radius 1 is 0.850 bits per heavy atom. The molecule has 0 unspecified atom stereocenters. The van der Waals surface area contributed by atoms with Gasteiger partial charge in [-0.2, -0.15) is 0 Å². The van der Waals surface area contributed by atoms with Gasteiger partial charge in [0.05, 0.1) is 6.04 Å². The number of hydrogen-bond acceptors (Lipinski definition) is 10. The van der Waals surface area contributed by atoms with Gasteiger partial charge in [-0.1, -0.05) is 40.0 Å². The monoisotopic (exact) mass is 573 g/mol. The minimum absolute atomic E-state index is 0.0335. The molecule has 0 bridgehead atoms. The van der Waals surface area contributed by atoms with Crippen molar-refractivity contribution in [3.8, 4) is 0 Å². The zero-order valence-electron chi connectivity index (χ0n) is 25.3. The molecule has 13 nitrogen and oxygen atoms in total. The Bertz CT molecular complexity index is 980. The molecule has 0 rings (SSSR count). The van der Waals surface area contributed by atoms with E-state index in [0.29, 0.717) is 29.6 Å². The fourth-order valence-electron chi connectivity index (χ4n) is 4.86. The van der Waals surface area contributed by atoms with E-state index in [9.17, 15) is 49.2 Å². The summed E-state index contributed by atoms with van der Waals surface area (Å²) in [6.45, 7) is 8.66. The van der Waals surface area contributed by atoms with E-state index in [0.717, 1.165) is 34.9 Å². The highest BCUT2D eigenvalue weighted by molar-refractivity contribution is 6.30. The number of likely N-dealkylation sites (N-methyl/N-ethyl adjacent to an activating group) is 3. The van der Waals surface area contributed by atoms with Crippen LogP contribution in [0.15, 0.2) is 0 Å². The minimum Gasteiger partial charge on any atom is -0.479 e. The predicted molar refractivity (Wildman–Crippen MR) is 145 cm³/mol. The lowest BCUT2D eigenvalue weighted by Gasteiger charge is -2.51. The second kappa shape index (κ2) is 14.2. The summed E-state index contributed by atoms with van der Waals surface area (Å²) in [4.78, 5) is 82.8. The second-order valence-electron chi connectivity index (χ2n) is 10.7. The standard InChI is InChI=1S/C27H47N3O10/c1-11-13-14-18(28-8)19(33)25(6,29(9)20(34)16(4)31)22(36)27(15(3)12-2,30(10)21(35)17(5)32)23(37)26(7,40)24(38)39/h15-18,28,31-32,40H,11-14H2,1-10H3,(H,38,39)/t15-,16+,17+,18-,25+,26-,27+/m0/s1. The molecule has 0 heterocycles. The zero-order chi connectivity index (χ0) is 32.0. The van der Waals surface area contributed by atoms with E-state index in [1.165, 1.54) is 20.9 Å². The molecule has 7 atom stereocenters. The van der Waals surface area contributed by atoms with E-state index >= 15 is 0 Å². The molecule has 40 heavy (non-hydrogen) atoms. The topological polar surface area (TPSA) is 202 Å². The van der Waals surface area contributed by atoms with Crippen molar-refractivity contribution in [1.82, 2.24) is 15.1 Å². The van der Waals surface area contributed by atoms with E-state index in [1.54, 1.807) is 0 Å². The third-order valence-electron chi connectivity index (χ3n) is 7.89. The van der Waals surface area contributed by atoms with Crippen molar-refractivity contribution in [3.05, 3.63) is 0 Å². The molecule has 0 aliphatic rings. The largest absolute Gasteiger partial charge is 0.479 e. The number of hydrogen-bond donors (Lipinski definition) is 5. The molecule has 13 heteroatoms. The van der Waals surface area contributed by atoms with Crippen LogP contribution in [0.3, 0.4) is 0 Å². The number of amides is 2. The lowest BCUT2D eigenvalue weighted by Crippen LogP contribution is -2.78. The van der Waals surface area contributed by atoms with E-state index in [-0.39, 0.29) is 12.8 Å². The third kappa shape index (κ3) is 6.59. The first-order valence-electron chi connectivity index (χ1n) is 13.4. The first-order valence-corrected chi connectivity index (χ1v) is 13.4. The van der Waals surface area contributed by atoms with Crippen LogP contribution >= 0.6 is 0 Å². The number of nitrogens with one attached hydrogen (secondary N) is 1. The summed E-state index contributed by atoms with van der Waals surface area (Å²) < 4.78 is 0. The highest BCUT2D eigenvalue weighted by Crippen LogP contribution is 2.39. The van der Waals surface area contributed by atoms with Crippen LogP contribution in [0.5, 0.6) is 0 Å². The predicted octanol–water partition coefficient (Wildman–Crippen LogP) is -0.470. The Hall–Kier alpha value is -2.74. The van der Waals surface area contributed by atoms with Gasteiger partial charge in [-0.3, -0.25) is 24.0 Å². The molecule has 0 radical (unpaired) electrons. The number of Topliss-reactive ketones (excluding diaryl/α,β-unsaturated/α-hetero) is 3. The number of carboxylic acids is 1. The molecule has 230 valence electrons. The SMILES string of the molecule is CCCC[C@H](NC)C(=O)[C@](C)(C(=O)[C@@](C(=O)[C@](C)(O)C(=O)O)([C@@H](C)CC)N(C)C(=O)[C@@H](C)O)N(C)C(=O)[C@@H](C)O. The van der Waals surface area contributed by atoms with Gasteiger partial charge in [0, 0.05) is 14.1 Å². The quantitative estimate of drug-likeness (QED) is 0.141. The van der Waals surface area contributed by atoms with Crippen molar-refractivity contribution >= 4 is 35.1 Å². The Morgan fingerprint density at radius 2 is 1.30 bits per heavy atom. The van der Waals surface area contributed by atoms with Gasteiger partial charge in [-0.05, 0) is 47.1 Å². The van der Waals surface area contributed by atoms with Crippen molar-refractivity contribution in [2.45, 2.75) is 109 Å². The van der Waals surface area contributed by atoms with Gasteiger partial charge in [0.2, 0.25) is 11.4 Å². The lowest BCUT2D eigenvalue weighted by atomic mass is 9.64. The number of aliphatic hydroxyl groups excluding tert-OH is 2. The third-order valence-corrected chi connectivity index (χ3v) is 7.89. The van der Waals surface area contributed by atoms with Crippen LogP contribution < -0.4 is 5.32 Å². The summed E-state index contributed by atoms with van der Waals surface area (Å²) in [5, 5.41) is 43.6. The molecular weight excluding hydrogens is 526 g/mol. The Kier molecular flexibility index (Phi) is 13.3. The number of aliphatic hydroxyl groups is 3. The van der Waals surface area contributed by atoms with E-state index in [1.807, 2.05) is 6.92 Å². The van der Waals surface area contributed by atoms with Crippen LogP contribution in [-0.4, -0.2) is 121 Å². The first kappa shape index (κ1) is 37.3. The number of carboxylic acid groups (broad SMARTS) is 1. The fraction of sp³-hybridized carbons (Fsp3) is 0.778. The molecule has 0 aromatic carbocycles. The van der Waals surface area contributed by atoms with Crippen LogP contribution in [0.2, 0.25) is 0 Å². The molecule has 0 spiro atoms. The van der Waals surface area contributed by atoms with E-state index in [2.05, 4.69) is 5.32 Å². The molecule has 0 aromatic rings. The summed E-state index contributed by atoms with van der Waals surface area (Å²) in [5.74, 6) is -9.35. The van der Waals surface area contributed by atoms with Gasteiger partial charge >= 0.3 is 5.97 Å². The number of aliphatic carboxylic acids is 1. The van der Waals surface area contributed by atoms with Crippen LogP contribution in [-0.2, 0) is 28.8 Å². The van der Waals surface area contributed by atoms with Crippen molar-refractivity contribution in [3.63, 3.8) is 0 Å². The van der Waals surface area contributed by atoms with Gasteiger partial charge < -0.3 is 35.5 Å². The van der Waals surface area contributed by atoms with E-state index < -0.39 is 76.0 Å². The number of carbonyl (C=O) groups excluding carboxylic acids is 5. The van der Waals surface area contributed by atoms with Gasteiger partial charge in [-0.25, -0.2) is 4.79 Å². The Morgan fingerprint density at radius 3 is 1.65 bits per heavy atom. The average Bonchev–Trinajstić information content (AvgIpc) is 2.90. The summed E-state index contributed by atoms with van der Waals surface area (Å²) in [6.07, 6.45) is -2.03. The van der Waals surface area contributed by atoms with E-state index in [4.69, 9.17) is 0 Å².